The Morgan fingerprint density at radius 3 is 2.75 bits per heavy atom. The van der Waals surface area contributed by atoms with E-state index in [2.05, 4.69) is 32.7 Å². The lowest BCUT2D eigenvalue weighted by atomic mass is 10.2. The number of hydrogen-bond donors (Lipinski definition) is 1. The largest absolute Gasteiger partial charge is 0.507 e. The van der Waals surface area contributed by atoms with Gasteiger partial charge in [-0.25, -0.2) is 0 Å². The summed E-state index contributed by atoms with van der Waals surface area (Å²) >= 11 is 2.16. The van der Waals surface area contributed by atoms with Crippen LogP contribution in [0.25, 0.3) is 11.5 Å². The number of phenols is 1. The highest BCUT2D eigenvalue weighted by molar-refractivity contribution is 14.1. The van der Waals surface area contributed by atoms with Crippen molar-refractivity contribution >= 4 is 28.5 Å². The van der Waals surface area contributed by atoms with Crippen LogP contribution in [0.1, 0.15) is 0 Å². The van der Waals surface area contributed by atoms with Crippen LogP contribution in [0.3, 0.4) is 0 Å². The van der Waals surface area contributed by atoms with Crippen molar-refractivity contribution in [3.8, 4) is 17.2 Å². The Morgan fingerprint density at radius 2 is 2.12 bits per heavy atom. The van der Waals surface area contributed by atoms with Gasteiger partial charge in [0, 0.05) is 17.7 Å². The van der Waals surface area contributed by atoms with Gasteiger partial charge in [-0.2, -0.15) is 4.98 Å². The number of aromatic nitrogens is 2. The smallest absolute Gasteiger partial charge is 0.265 e. The maximum absolute atomic E-state index is 9.69. The minimum Gasteiger partial charge on any atom is -0.507 e. The molecule has 5 nitrogen and oxygen atoms in total. The van der Waals surface area contributed by atoms with Gasteiger partial charge in [-0.3, -0.25) is 0 Å². The first-order valence-electron chi connectivity index (χ1n) is 4.58. The summed E-state index contributed by atoms with van der Waals surface area (Å²) in [6.07, 6.45) is 0. The van der Waals surface area contributed by atoms with E-state index in [0.717, 1.165) is 3.57 Å². The van der Waals surface area contributed by atoms with Crippen molar-refractivity contribution < 1.29 is 9.63 Å². The van der Waals surface area contributed by atoms with Gasteiger partial charge in [0.15, 0.2) is 0 Å². The van der Waals surface area contributed by atoms with Crippen molar-refractivity contribution in [3.63, 3.8) is 0 Å². The van der Waals surface area contributed by atoms with Crippen LogP contribution in [0, 0.1) is 3.57 Å². The molecule has 0 bridgehead atoms. The van der Waals surface area contributed by atoms with Crippen LogP contribution in [0.5, 0.6) is 5.75 Å². The van der Waals surface area contributed by atoms with Gasteiger partial charge in [0.25, 0.3) is 11.8 Å². The summed E-state index contributed by atoms with van der Waals surface area (Å²) < 4.78 is 6.08. The number of nitrogens with zero attached hydrogens (tertiary/aromatic N) is 3. The summed E-state index contributed by atoms with van der Waals surface area (Å²) in [7, 11) is 3.65. The van der Waals surface area contributed by atoms with Crippen LogP contribution < -0.4 is 4.90 Å². The van der Waals surface area contributed by atoms with Gasteiger partial charge in [0.1, 0.15) is 5.75 Å². The van der Waals surface area contributed by atoms with E-state index >= 15 is 0 Å². The highest BCUT2D eigenvalue weighted by atomic mass is 127. The van der Waals surface area contributed by atoms with E-state index in [1.54, 1.807) is 17.0 Å². The molecule has 1 aromatic heterocycles. The average Bonchev–Trinajstić information content (AvgIpc) is 2.70. The van der Waals surface area contributed by atoms with Crippen molar-refractivity contribution in [2.24, 2.45) is 0 Å². The Hall–Kier alpha value is -1.31. The highest BCUT2D eigenvalue weighted by Crippen LogP contribution is 2.30. The molecular weight excluding hydrogens is 321 g/mol. The van der Waals surface area contributed by atoms with Crippen molar-refractivity contribution in [1.82, 2.24) is 10.1 Å². The minimum absolute atomic E-state index is 0.134. The molecule has 2 rings (SSSR count). The Kier molecular flexibility index (Phi) is 2.99. The maximum Gasteiger partial charge on any atom is 0.265 e. The number of aromatic hydroxyl groups is 1. The zero-order valence-corrected chi connectivity index (χ0v) is 11.0. The Morgan fingerprint density at radius 1 is 1.38 bits per heavy atom. The van der Waals surface area contributed by atoms with E-state index in [4.69, 9.17) is 4.52 Å². The molecule has 0 aliphatic heterocycles. The first-order valence-corrected chi connectivity index (χ1v) is 5.65. The van der Waals surface area contributed by atoms with Gasteiger partial charge in [-0.1, -0.05) is 0 Å². The lowest BCUT2D eigenvalue weighted by molar-refractivity contribution is 0.424. The van der Waals surface area contributed by atoms with Gasteiger partial charge in [0.05, 0.1) is 5.56 Å². The molecule has 84 valence electrons. The fourth-order valence-electron chi connectivity index (χ4n) is 1.19. The molecule has 0 aliphatic carbocycles. The van der Waals surface area contributed by atoms with Crippen molar-refractivity contribution in [2.45, 2.75) is 0 Å². The second kappa shape index (κ2) is 4.28. The molecule has 0 amide bonds. The van der Waals surface area contributed by atoms with E-state index in [9.17, 15) is 5.11 Å². The zero-order valence-electron chi connectivity index (χ0n) is 8.81. The highest BCUT2D eigenvalue weighted by Gasteiger charge is 2.13. The van der Waals surface area contributed by atoms with E-state index in [1.807, 2.05) is 20.2 Å². The lowest BCUT2D eigenvalue weighted by Gasteiger charge is -2.02. The van der Waals surface area contributed by atoms with Crippen LogP contribution >= 0.6 is 22.6 Å². The zero-order chi connectivity index (χ0) is 11.7. The molecule has 0 radical (unpaired) electrons. The molecule has 16 heavy (non-hydrogen) atoms. The lowest BCUT2D eigenvalue weighted by Crippen LogP contribution is -2.10. The molecule has 0 saturated carbocycles. The number of anilines is 1. The maximum atomic E-state index is 9.69. The number of halogens is 1. The number of phenolic OH excluding ortho intramolecular Hbond substituents is 1. The Balaban J connectivity index is 2.46. The number of rotatable bonds is 2. The SMILES string of the molecule is CN(C)c1noc(-c2cc(I)ccc2O)n1. The monoisotopic (exact) mass is 331 g/mol. The molecule has 0 atom stereocenters. The molecule has 2 aromatic rings. The predicted octanol–water partition coefficient (Wildman–Crippen LogP) is 2.11. The second-order valence-corrected chi connectivity index (χ2v) is 4.70. The summed E-state index contributed by atoms with van der Waals surface area (Å²) in [5.41, 5.74) is 0.549. The summed E-state index contributed by atoms with van der Waals surface area (Å²) in [6, 6.07) is 5.21. The molecule has 1 aromatic carbocycles. The van der Waals surface area contributed by atoms with Crippen molar-refractivity contribution in [3.05, 3.63) is 21.8 Å². The number of benzene rings is 1. The minimum atomic E-state index is 0.134. The van der Waals surface area contributed by atoms with E-state index in [0.29, 0.717) is 17.4 Å². The van der Waals surface area contributed by atoms with E-state index in [1.165, 1.54) is 0 Å². The average molecular weight is 331 g/mol. The summed E-state index contributed by atoms with van der Waals surface area (Å²) in [5.74, 6) is 0.933. The topological polar surface area (TPSA) is 62.4 Å². The molecule has 1 heterocycles. The van der Waals surface area contributed by atoms with Gasteiger partial charge in [0.2, 0.25) is 0 Å². The normalized spacial score (nSPS) is 10.4. The van der Waals surface area contributed by atoms with Gasteiger partial charge in [-0.05, 0) is 45.9 Å². The molecule has 0 aliphatic rings. The predicted molar refractivity (Wildman–Crippen MR) is 68.4 cm³/mol. The third-order valence-corrected chi connectivity index (χ3v) is 2.68. The molecule has 0 saturated heterocycles. The van der Waals surface area contributed by atoms with Crippen LogP contribution in [0.4, 0.5) is 5.95 Å². The molecular formula is C10H10IN3O2. The fraction of sp³-hybridized carbons (Fsp3) is 0.200. The molecule has 6 heteroatoms. The third kappa shape index (κ3) is 2.11. The quantitative estimate of drug-likeness (QED) is 0.854. The fourth-order valence-corrected chi connectivity index (χ4v) is 1.68. The van der Waals surface area contributed by atoms with E-state index in [-0.39, 0.29) is 5.75 Å². The van der Waals surface area contributed by atoms with Gasteiger partial charge >= 0.3 is 0 Å². The van der Waals surface area contributed by atoms with Gasteiger partial charge < -0.3 is 14.5 Å². The van der Waals surface area contributed by atoms with Crippen molar-refractivity contribution in [1.29, 1.82) is 0 Å². The van der Waals surface area contributed by atoms with Crippen LogP contribution in [0.2, 0.25) is 0 Å². The Labute approximate surface area is 106 Å². The van der Waals surface area contributed by atoms with Gasteiger partial charge in [-0.15, -0.1) is 0 Å². The Bertz CT molecular complexity index is 511. The van der Waals surface area contributed by atoms with Crippen LogP contribution in [-0.2, 0) is 0 Å². The van der Waals surface area contributed by atoms with Crippen LogP contribution in [-0.4, -0.2) is 29.3 Å². The third-order valence-electron chi connectivity index (χ3n) is 2.00. The molecule has 1 N–H and O–H groups in total. The molecule has 0 fully saturated rings. The standard InChI is InChI=1S/C10H10IN3O2/c1-14(2)10-12-9(16-13-10)7-5-6(11)3-4-8(7)15/h3-5,15H,1-2H3. The number of hydrogen-bond acceptors (Lipinski definition) is 5. The summed E-state index contributed by atoms with van der Waals surface area (Å²) in [4.78, 5) is 5.90. The molecule has 0 unspecified atom stereocenters. The summed E-state index contributed by atoms with van der Waals surface area (Å²) in [5, 5.41) is 13.5. The first-order chi connectivity index (χ1) is 7.58. The summed E-state index contributed by atoms with van der Waals surface area (Å²) in [6.45, 7) is 0. The van der Waals surface area contributed by atoms with Crippen LogP contribution in [0.15, 0.2) is 22.7 Å². The molecule has 0 spiro atoms. The van der Waals surface area contributed by atoms with E-state index < -0.39 is 0 Å². The van der Waals surface area contributed by atoms with Crippen molar-refractivity contribution in [2.75, 3.05) is 19.0 Å². The first kappa shape index (κ1) is 11.2. The second-order valence-electron chi connectivity index (χ2n) is 3.46.